The van der Waals surface area contributed by atoms with Crippen LogP contribution in [-0.4, -0.2) is 10.1 Å². The molecule has 0 rings (SSSR count). The molecule has 0 aliphatic carbocycles. The van der Waals surface area contributed by atoms with Crippen LogP contribution in [0.15, 0.2) is 0 Å². The predicted molar refractivity (Wildman–Crippen MR) is 52.1 cm³/mol. The monoisotopic (exact) mass is 200 g/mol. The molecule has 70 valence electrons. The van der Waals surface area contributed by atoms with Gasteiger partial charge in [0.1, 0.15) is 0 Å². The molecule has 1 nitrogen and oxygen atoms in total. The standard InChI is InChI=1S/C7H16.CH2Cl2O/c1-3-5-7-6-4-2;2-1(3)4/h3-7H2,1-2H3;1,4H. The van der Waals surface area contributed by atoms with E-state index in [1.807, 2.05) is 0 Å². The Morgan fingerprint density at radius 2 is 1.27 bits per heavy atom. The van der Waals surface area contributed by atoms with Crippen molar-refractivity contribution in [2.75, 3.05) is 0 Å². The number of alkyl halides is 2. The maximum atomic E-state index is 7.59. The number of unbranched alkanes of at least 4 members (excludes halogenated alkanes) is 4. The normalized spacial score (nSPS) is 9.27. The summed E-state index contributed by atoms with van der Waals surface area (Å²) in [5.74, 6) is 0. The highest BCUT2D eigenvalue weighted by atomic mass is 35.5. The number of hydrogen-bond acceptors (Lipinski definition) is 1. The lowest BCUT2D eigenvalue weighted by Gasteiger charge is -1.90. The van der Waals surface area contributed by atoms with Gasteiger partial charge in [0.15, 0.2) is 0 Å². The Hall–Kier alpha value is 0.540. The molecule has 0 heterocycles. The molecule has 0 bridgehead atoms. The first-order valence-electron chi connectivity index (χ1n) is 4.11. The van der Waals surface area contributed by atoms with E-state index in [-0.39, 0.29) is 0 Å². The van der Waals surface area contributed by atoms with Crippen molar-refractivity contribution in [1.29, 1.82) is 0 Å². The molecule has 0 saturated heterocycles. The van der Waals surface area contributed by atoms with Crippen LogP contribution in [0.1, 0.15) is 46.0 Å². The number of rotatable bonds is 4. The lowest BCUT2D eigenvalue weighted by molar-refractivity contribution is 0.333. The van der Waals surface area contributed by atoms with Crippen molar-refractivity contribution < 1.29 is 5.11 Å². The van der Waals surface area contributed by atoms with Gasteiger partial charge < -0.3 is 5.11 Å². The fourth-order valence-electron chi connectivity index (χ4n) is 0.677. The van der Waals surface area contributed by atoms with Gasteiger partial charge in [-0.25, -0.2) is 0 Å². The first-order valence-corrected chi connectivity index (χ1v) is 4.98. The van der Waals surface area contributed by atoms with E-state index >= 15 is 0 Å². The molecule has 0 unspecified atom stereocenters. The summed E-state index contributed by atoms with van der Waals surface area (Å²) in [6.07, 6.45) is 7.01. The van der Waals surface area contributed by atoms with Crippen LogP contribution in [0, 0.1) is 0 Å². The second-order valence-corrected chi connectivity index (χ2v) is 3.39. The summed E-state index contributed by atoms with van der Waals surface area (Å²) in [4.78, 5) is 0. The number of aliphatic hydroxyl groups is 1. The highest BCUT2D eigenvalue weighted by Gasteiger charge is 1.80. The average Bonchev–Trinajstić information content (AvgIpc) is 1.88. The molecule has 0 spiro atoms. The first kappa shape index (κ1) is 14.1. The highest BCUT2D eigenvalue weighted by Crippen LogP contribution is 2.00. The molecule has 0 aromatic carbocycles. The highest BCUT2D eigenvalue weighted by molar-refractivity contribution is 6.42. The third kappa shape index (κ3) is 37.3. The van der Waals surface area contributed by atoms with Crippen LogP contribution < -0.4 is 0 Å². The van der Waals surface area contributed by atoms with E-state index in [1.165, 1.54) is 32.1 Å². The number of hydrogen-bond donors (Lipinski definition) is 1. The number of halogens is 2. The summed E-state index contributed by atoms with van der Waals surface area (Å²) >= 11 is 9.19. The van der Waals surface area contributed by atoms with Crippen molar-refractivity contribution in [3.05, 3.63) is 0 Å². The molecule has 1 N–H and O–H groups in total. The largest absolute Gasteiger partial charge is 0.365 e. The van der Waals surface area contributed by atoms with Crippen LogP contribution in [0.3, 0.4) is 0 Å². The molecule has 0 saturated carbocycles. The zero-order valence-corrected chi connectivity index (χ0v) is 8.83. The van der Waals surface area contributed by atoms with E-state index in [0.29, 0.717) is 0 Å². The summed E-state index contributed by atoms with van der Waals surface area (Å²) in [7, 11) is 0. The summed E-state index contributed by atoms with van der Waals surface area (Å²) in [6, 6.07) is 0. The van der Waals surface area contributed by atoms with Gasteiger partial charge in [0.25, 0.3) is 0 Å². The lowest BCUT2D eigenvalue weighted by Crippen LogP contribution is -1.73. The van der Waals surface area contributed by atoms with Gasteiger partial charge in [-0.2, -0.15) is 0 Å². The molecule has 0 radical (unpaired) electrons. The minimum absolute atomic E-state index is 1.22. The Kier molecular flexibility index (Phi) is 16.8. The fourth-order valence-corrected chi connectivity index (χ4v) is 0.677. The van der Waals surface area contributed by atoms with Crippen molar-refractivity contribution in [2.45, 2.75) is 51.0 Å². The molecule has 0 fully saturated rings. The third-order valence-electron chi connectivity index (χ3n) is 1.21. The van der Waals surface area contributed by atoms with Crippen LogP contribution in [0.25, 0.3) is 0 Å². The van der Waals surface area contributed by atoms with Crippen LogP contribution in [-0.2, 0) is 0 Å². The van der Waals surface area contributed by atoms with E-state index in [4.69, 9.17) is 5.11 Å². The van der Waals surface area contributed by atoms with E-state index < -0.39 is 5.02 Å². The Morgan fingerprint density at radius 1 is 1.00 bits per heavy atom. The first-order chi connectivity index (χ1) is 5.15. The maximum Gasteiger partial charge on any atom is 0.204 e. The van der Waals surface area contributed by atoms with Gasteiger partial charge in [-0.15, -0.1) is 0 Å². The second kappa shape index (κ2) is 13.2. The maximum absolute atomic E-state index is 7.59. The summed E-state index contributed by atoms with van der Waals surface area (Å²) in [5.41, 5.74) is 0. The van der Waals surface area contributed by atoms with Crippen LogP contribution in [0.5, 0.6) is 0 Å². The van der Waals surface area contributed by atoms with E-state index in [0.717, 1.165) is 0 Å². The Morgan fingerprint density at radius 3 is 1.45 bits per heavy atom. The van der Waals surface area contributed by atoms with Gasteiger partial charge in [-0.1, -0.05) is 69.2 Å². The zero-order chi connectivity index (χ0) is 9.11. The van der Waals surface area contributed by atoms with Gasteiger partial charge in [0.05, 0.1) is 0 Å². The molecule has 11 heavy (non-hydrogen) atoms. The van der Waals surface area contributed by atoms with Crippen LogP contribution in [0.4, 0.5) is 0 Å². The van der Waals surface area contributed by atoms with Gasteiger partial charge in [0.2, 0.25) is 5.02 Å². The van der Waals surface area contributed by atoms with Crippen molar-refractivity contribution in [2.24, 2.45) is 0 Å². The van der Waals surface area contributed by atoms with Crippen molar-refractivity contribution in [3.8, 4) is 0 Å². The third-order valence-corrected chi connectivity index (χ3v) is 1.21. The fraction of sp³-hybridized carbons (Fsp3) is 1.00. The SMILES string of the molecule is CCCCCCC.OC(Cl)Cl. The van der Waals surface area contributed by atoms with Gasteiger partial charge >= 0.3 is 0 Å². The molecule has 0 aliphatic rings. The molecular weight excluding hydrogens is 183 g/mol. The summed E-state index contributed by atoms with van der Waals surface area (Å²) in [5, 5.41) is 6.36. The van der Waals surface area contributed by atoms with Crippen molar-refractivity contribution >= 4 is 23.2 Å². The summed E-state index contributed by atoms with van der Waals surface area (Å²) in [6.45, 7) is 4.49. The van der Waals surface area contributed by atoms with Gasteiger partial charge in [-0.05, 0) is 0 Å². The van der Waals surface area contributed by atoms with Crippen molar-refractivity contribution in [3.63, 3.8) is 0 Å². The average molecular weight is 201 g/mol. The predicted octanol–water partition coefficient (Wildman–Crippen LogP) is 3.72. The van der Waals surface area contributed by atoms with Crippen molar-refractivity contribution in [1.82, 2.24) is 0 Å². The Labute approximate surface area is 79.7 Å². The lowest BCUT2D eigenvalue weighted by atomic mass is 10.2. The Bertz CT molecular complexity index is 51.3. The van der Waals surface area contributed by atoms with Gasteiger partial charge in [-0.3, -0.25) is 0 Å². The van der Waals surface area contributed by atoms with E-state index in [1.54, 1.807) is 0 Å². The second-order valence-electron chi connectivity index (χ2n) is 2.34. The summed E-state index contributed by atoms with van der Waals surface area (Å²) < 4.78 is 0. The van der Waals surface area contributed by atoms with Crippen LogP contribution in [0.2, 0.25) is 0 Å². The molecule has 0 aromatic heterocycles. The number of aliphatic hydroxyl groups excluding tert-OH is 1. The minimum Gasteiger partial charge on any atom is -0.365 e. The molecular formula is C8H18Cl2O. The topological polar surface area (TPSA) is 20.2 Å². The minimum atomic E-state index is -1.22. The quantitative estimate of drug-likeness (QED) is 0.542. The van der Waals surface area contributed by atoms with Gasteiger partial charge in [0, 0.05) is 0 Å². The van der Waals surface area contributed by atoms with Crippen LogP contribution >= 0.6 is 23.2 Å². The molecule has 0 aromatic rings. The Balaban J connectivity index is 0. The molecule has 0 atom stereocenters. The molecule has 0 amide bonds. The van der Waals surface area contributed by atoms with E-state index in [9.17, 15) is 0 Å². The van der Waals surface area contributed by atoms with E-state index in [2.05, 4.69) is 37.0 Å². The smallest absolute Gasteiger partial charge is 0.204 e. The molecule has 0 aliphatic heterocycles. The molecule has 3 heteroatoms. The zero-order valence-electron chi connectivity index (χ0n) is 7.32.